The van der Waals surface area contributed by atoms with Gasteiger partial charge in [0.05, 0.1) is 19.3 Å². The fourth-order valence-corrected chi connectivity index (χ4v) is 2.67. The lowest BCUT2D eigenvalue weighted by Gasteiger charge is -2.35. The summed E-state index contributed by atoms with van der Waals surface area (Å²) in [6.45, 7) is 3.19. The summed E-state index contributed by atoms with van der Waals surface area (Å²) in [5, 5.41) is 0. The third-order valence-electron chi connectivity index (χ3n) is 3.90. The highest BCUT2D eigenvalue weighted by atomic mass is 19.1. The molecule has 0 bridgehead atoms. The minimum Gasteiger partial charge on any atom is -0.377 e. The van der Waals surface area contributed by atoms with Gasteiger partial charge in [-0.05, 0) is 23.6 Å². The summed E-state index contributed by atoms with van der Waals surface area (Å²) in [6, 6.07) is 5.86. The van der Waals surface area contributed by atoms with Gasteiger partial charge in [0.15, 0.2) is 0 Å². The van der Waals surface area contributed by atoms with E-state index in [1.807, 2.05) is 6.92 Å². The van der Waals surface area contributed by atoms with E-state index in [1.165, 1.54) is 12.1 Å². The van der Waals surface area contributed by atoms with Gasteiger partial charge in [-0.2, -0.15) is 0 Å². The van der Waals surface area contributed by atoms with Crippen molar-refractivity contribution >= 4 is 11.8 Å². The monoisotopic (exact) mass is 308 g/mol. The Morgan fingerprint density at radius 2 is 2.09 bits per heavy atom. The predicted octanol–water partition coefficient (Wildman–Crippen LogP) is 1.42. The summed E-state index contributed by atoms with van der Waals surface area (Å²) >= 11 is 0. The Kier molecular flexibility index (Phi) is 5.49. The van der Waals surface area contributed by atoms with E-state index in [4.69, 9.17) is 10.5 Å². The van der Waals surface area contributed by atoms with E-state index in [2.05, 4.69) is 0 Å². The van der Waals surface area contributed by atoms with E-state index in [9.17, 15) is 14.0 Å². The summed E-state index contributed by atoms with van der Waals surface area (Å²) in [6.07, 6.45) is 0.414. The second-order valence-electron chi connectivity index (χ2n) is 5.64. The van der Waals surface area contributed by atoms with Crippen molar-refractivity contribution in [3.8, 4) is 0 Å². The predicted molar refractivity (Wildman–Crippen MR) is 79.6 cm³/mol. The number of carbonyl (C=O) groups excluding carboxylic acids is 2. The van der Waals surface area contributed by atoms with Crippen LogP contribution in [0.1, 0.15) is 31.2 Å². The lowest BCUT2D eigenvalue weighted by atomic mass is 9.96. The van der Waals surface area contributed by atoms with E-state index < -0.39 is 5.91 Å². The molecule has 5 nitrogen and oxygen atoms in total. The molecule has 1 heterocycles. The maximum absolute atomic E-state index is 12.9. The highest BCUT2D eigenvalue weighted by Gasteiger charge is 2.29. The van der Waals surface area contributed by atoms with Crippen molar-refractivity contribution in [2.24, 2.45) is 5.73 Å². The highest BCUT2D eigenvalue weighted by Crippen LogP contribution is 2.22. The molecule has 2 rings (SSSR count). The fraction of sp³-hybridized carbons (Fsp3) is 0.500. The van der Waals surface area contributed by atoms with Crippen LogP contribution in [0.15, 0.2) is 24.3 Å². The Labute approximate surface area is 129 Å². The summed E-state index contributed by atoms with van der Waals surface area (Å²) in [4.78, 5) is 25.3. The number of amides is 2. The van der Waals surface area contributed by atoms with Gasteiger partial charge in [0.25, 0.3) is 0 Å². The molecular formula is C16H21FN2O3. The van der Waals surface area contributed by atoms with Gasteiger partial charge in [-0.25, -0.2) is 4.39 Å². The molecule has 0 saturated carbocycles. The molecule has 1 aliphatic heterocycles. The summed E-state index contributed by atoms with van der Waals surface area (Å²) in [5.74, 6) is -0.798. The fourth-order valence-electron chi connectivity index (χ4n) is 2.67. The molecule has 120 valence electrons. The van der Waals surface area contributed by atoms with Gasteiger partial charge in [-0.1, -0.05) is 19.1 Å². The van der Waals surface area contributed by atoms with Crippen LogP contribution in [0.3, 0.4) is 0 Å². The first-order valence-corrected chi connectivity index (χ1v) is 7.38. The average Bonchev–Trinajstić information content (AvgIpc) is 2.47. The van der Waals surface area contributed by atoms with Gasteiger partial charge in [0.1, 0.15) is 5.82 Å². The van der Waals surface area contributed by atoms with E-state index in [0.717, 1.165) is 5.56 Å². The van der Waals surface area contributed by atoms with Gasteiger partial charge in [-0.15, -0.1) is 0 Å². The Balaban J connectivity index is 1.99. The molecule has 6 heteroatoms. The van der Waals surface area contributed by atoms with Crippen molar-refractivity contribution < 1.29 is 18.7 Å². The molecule has 0 radical (unpaired) electrons. The largest absolute Gasteiger partial charge is 0.377 e. The molecule has 1 aromatic rings. The normalized spacial score (nSPS) is 19.7. The Morgan fingerprint density at radius 3 is 2.73 bits per heavy atom. The lowest BCUT2D eigenvalue weighted by molar-refractivity contribution is -0.141. The standard InChI is InChI=1S/C16H21FN2O3/c1-11(12-2-4-13(17)5-3-12)8-16(21)19-6-7-22-10-14(19)9-15(18)20/h2-5,11,14H,6-10H2,1H3,(H2,18,20)/t11-,14-/m0/s1. The molecule has 1 fully saturated rings. The third kappa shape index (κ3) is 4.27. The van der Waals surface area contributed by atoms with Crippen molar-refractivity contribution in [1.82, 2.24) is 4.90 Å². The number of carbonyl (C=O) groups is 2. The van der Waals surface area contributed by atoms with Gasteiger partial charge in [-0.3, -0.25) is 9.59 Å². The van der Waals surface area contributed by atoms with Crippen LogP contribution in [0.4, 0.5) is 4.39 Å². The molecule has 0 spiro atoms. The number of hydrogen-bond donors (Lipinski definition) is 1. The number of ether oxygens (including phenoxy) is 1. The van der Waals surface area contributed by atoms with E-state index >= 15 is 0 Å². The number of hydrogen-bond acceptors (Lipinski definition) is 3. The topological polar surface area (TPSA) is 72.6 Å². The summed E-state index contributed by atoms with van der Waals surface area (Å²) in [5.41, 5.74) is 6.14. The van der Waals surface area contributed by atoms with Crippen LogP contribution in [0, 0.1) is 5.82 Å². The molecule has 0 aromatic heterocycles. The van der Waals surface area contributed by atoms with Crippen LogP contribution in [0.5, 0.6) is 0 Å². The number of nitrogens with zero attached hydrogens (tertiary/aromatic N) is 1. The molecule has 2 N–H and O–H groups in total. The van der Waals surface area contributed by atoms with Crippen molar-refractivity contribution in [2.75, 3.05) is 19.8 Å². The zero-order valence-corrected chi connectivity index (χ0v) is 12.6. The number of morpholine rings is 1. The minimum atomic E-state index is -0.445. The molecule has 1 saturated heterocycles. The first-order chi connectivity index (χ1) is 10.5. The van der Waals surface area contributed by atoms with Crippen LogP contribution in [0.25, 0.3) is 0 Å². The van der Waals surface area contributed by atoms with Crippen molar-refractivity contribution in [3.63, 3.8) is 0 Å². The van der Waals surface area contributed by atoms with E-state index in [-0.39, 0.29) is 30.1 Å². The van der Waals surface area contributed by atoms with E-state index in [1.54, 1.807) is 17.0 Å². The Hall–Kier alpha value is -1.95. The summed E-state index contributed by atoms with van der Waals surface area (Å²) in [7, 11) is 0. The highest BCUT2D eigenvalue weighted by molar-refractivity contribution is 5.79. The molecule has 1 aliphatic rings. The second-order valence-corrected chi connectivity index (χ2v) is 5.64. The smallest absolute Gasteiger partial charge is 0.223 e. The third-order valence-corrected chi connectivity index (χ3v) is 3.90. The molecule has 2 amide bonds. The maximum Gasteiger partial charge on any atom is 0.223 e. The van der Waals surface area contributed by atoms with Gasteiger partial charge in [0.2, 0.25) is 11.8 Å². The number of primary amides is 1. The lowest BCUT2D eigenvalue weighted by Crippen LogP contribution is -2.50. The zero-order chi connectivity index (χ0) is 16.1. The first kappa shape index (κ1) is 16.4. The van der Waals surface area contributed by atoms with Crippen molar-refractivity contribution in [2.45, 2.75) is 31.7 Å². The van der Waals surface area contributed by atoms with Crippen LogP contribution < -0.4 is 5.73 Å². The molecule has 22 heavy (non-hydrogen) atoms. The average molecular weight is 308 g/mol. The van der Waals surface area contributed by atoms with Crippen LogP contribution in [-0.2, 0) is 14.3 Å². The van der Waals surface area contributed by atoms with Crippen LogP contribution in [-0.4, -0.2) is 42.5 Å². The molecule has 2 atom stereocenters. The second kappa shape index (κ2) is 7.35. The number of halogens is 1. The van der Waals surface area contributed by atoms with Crippen molar-refractivity contribution in [1.29, 1.82) is 0 Å². The van der Waals surface area contributed by atoms with Crippen molar-refractivity contribution in [3.05, 3.63) is 35.6 Å². The minimum absolute atomic E-state index is 0.0230. The SMILES string of the molecule is C[C@@H](CC(=O)N1CCOC[C@@H]1CC(N)=O)c1ccc(F)cc1. The maximum atomic E-state index is 12.9. The Morgan fingerprint density at radius 1 is 1.41 bits per heavy atom. The van der Waals surface area contributed by atoms with Crippen LogP contribution >= 0.6 is 0 Å². The zero-order valence-electron chi connectivity index (χ0n) is 12.6. The first-order valence-electron chi connectivity index (χ1n) is 7.38. The molecule has 0 unspecified atom stereocenters. The molecular weight excluding hydrogens is 287 g/mol. The molecule has 0 aliphatic carbocycles. The quantitative estimate of drug-likeness (QED) is 0.894. The Bertz CT molecular complexity index is 533. The van der Waals surface area contributed by atoms with E-state index in [0.29, 0.717) is 26.2 Å². The molecule has 1 aromatic carbocycles. The van der Waals surface area contributed by atoms with Gasteiger partial charge in [0, 0.05) is 19.4 Å². The number of rotatable bonds is 5. The van der Waals surface area contributed by atoms with Gasteiger partial charge < -0.3 is 15.4 Å². The van der Waals surface area contributed by atoms with Gasteiger partial charge >= 0.3 is 0 Å². The summed E-state index contributed by atoms with van der Waals surface area (Å²) < 4.78 is 18.3. The number of nitrogens with two attached hydrogens (primary N) is 1. The van der Waals surface area contributed by atoms with Crippen LogP contribution in [0.2, 0.25) is 0 Å². The number of benzene rings is 1.